The van der Waals surface area contributed by atoms with Crippen LogP contribution in [0.4, 0.5) is 4.79 Å². The lowest BCUT2D eigenvalue weighted by molar-refractivity contribution is 0.0497. The van der Waals surface area contributed by atoms with E-state index in [1.54, 1.807) is 0 Å². The molecular formula is C15H22BrNO3. The van der Waals surface area contributed by atoms with Gasteiger partial charge in [-0.1, -0.05) is 28.1 Å². The number of amides is 1. The lowest BCUT2D eigenvalue weighted by Gasteiger charge is -2.23. The fourth-order valence-corrected chi connectivity index (χ4v) is 2.02. The van der Waals surface area contributed by atoms with Gasteiger partial charge in [0.15, 0.2) is 0 Å². The van der Waals surface area contributed by atoms with Crippen LogP contribution in [-0.4, -0.2) is 29.4 Å². The van der Waals surface area contributed by atoms with Crippen molar-refractivity contribution in [3.05, 3.63) is 34.3 Å². The number of carbonyl (C=O) groups is 1. The topological polar surface area (TPSA) is 58.6 Å². The molecule has 0 aliphatic rings. The van der Waals surface area contributed by atoms with Gasteiger partial charge in [0.1, 0.15) is 5.60 Å². The maximum absolute atomic E-state index is 11.8. The van der Waals surface area contributed by atoms with Crippen molar-refractivity contribution in [2.75, 3.05) is 6.61 Å². The zero-order chi connectivity index (χ0) is 15.2. The Morgan fingerprint density at radius 3 is 2.45 bits per heavy atom. The number of aliphatic hydroxyl groups is 1. The van der Waals surface area contributed by atoms with E-state index in [1.807, 2.05) is 45.0 Å². The van der Waals surface area contributed by atoms with E-state index in [2.05, 4.69) is 21.2 Å². The predicted octanol–water partition coefficient (Wildman–Crippen LogP) is 3.27. The van der Waals surface area contributed by atoms with E-state index in [0.717, 1.165) is 10.0 Å². The lowest BCUT2D eigenvalue weighted by atomic mass is 10.0. The Balaban J connectivity index is 2.60. The molecule has 0 saturated heterocycles. The monoisotopic (exact) mass is 343 g/mol. The van der Waals surface area contributed by atoms with E-state index in [4.69, 9.17) is 9.84 Å². The normalized spacial score (nSPS) is 12.8. The molecule has 0 heterocycles. The fraction of sp³-hybridized carbons (Fsp3) is 0.533. The van der Waals surface area contributed by atoms with Gasteiger partial charge < -0.3 is 15.2 Å². The number of alkyl carbamates (subject to hydrolysis) is 1. The molecule has 4 nitrogen and oxygen atoms in total. The molecule has 5 heteroatoms. The number of halogens is 1. The highest BCUT2D eigenvalue weighted by molar-refractivity contribution is 9.10. The summed E-state index contributed by atoms with van der Waals surface area (Å²) < 4.78 is 6.25. The highest BCUT2D eigenvalue weighted by Crippen LogP contribution is 2.13. The van der Waals surface area contributed by atoms with E-state index in [9.17, 15) is 4.79 Å². The van der Waals surface area contributed by atoms with Crippen LogP contribution >= 0.6 is 15.9 Å². The Morgan fingerprint density at radius 1 is 1.35 bits per heavy atom. The van der Waals surface area contributed by atoms with Gasteiger partial charge in [-0.3, -0.25) is 0 Å². The molecule has 1 aromatic rings. The zero-order valence-corrected chi connectivity index (χ0v) is 13.7. The van der Waals surface area contributed by atoms with Crippen molar-refractivity contribution in [3.8, 4) is 0 Å². The van der Waals surface area contributed by atoms with E-state index in [1.165, 1.54) is 0 Å². The second-order valence-corrected chi connectivity index (χ2v) is 6.60. The van der Waals surface area contributed by atoms with E-state index >= 15 is 0 Å². The second kappa shape index (κ2) is 7.64. The van der Waals surface area contributed by atoms with Crippen LogP contribution in [0, 0.1) is 0 Å². The van der Waals surface area contributed by atoms with Crippen molar-refractivity contribution < 1.29 is 14.6 Å². The van der Waals surface area contributed by atoms with Crippen LogP contribution < -0.4 is 5.32 Å². The molecule has 0 fully saturated rings. The number of carbonyl (C=O) groups excluding carboxylic acids is 1. The van der Waals surface area contributed by atoms with Gasteiger partial charge in [0.2, 0.25) is 0 Å². The second-order valence-electron chi connectivity index (χ2n) is 5.69. The van der Waals surface area contributed by atoms with E-state index < -0.39 is 11.7 Å². The first-order chi connectivity index (χ1) is 9.30. The predicted molar refractivity (Wildman–Crippen MR) is 82.7 cm³/mol. The van der Waals surface area contributed by atoms with Gasteiger partial charge in [0.05, 0.1) is 0 Å². The summed E-state index contributed by atoms with van der Waals surface area (Å²) >= 11 is 3.39. The first-order valence-electron chi connectivity index (χ1n) is 6.65. The molecule has 0 aliphatic carbocycles. The molecule has 20 heavy (non-hydrogen) atoms. The van der Waals surface area contributed by atoms with Crippen molar-refractivity contribution in [3.63, 3.8) is 0 Å². The minimum atomic E-state index is -0.522. The Labute approximate surface area is 128 Å². The molecule has 1 rings (SSSR count). The van der Waals surface area contributed by atoms with Crippen LogP contribution in [0.2, 0.25) is 0 Å². The number of hydrogen-bond donors (Lipinski definition) is 2. The summed E-state index contributed by atoms with van der Waals surface area (Å²) in [5, 5.41) is 11.9. The minimum absolute atomic E-state index is 0.0248. The third kappa shape index (κ3) is 6.91. The standard InChI is InChI=1S/C15H22BrNO3/c1-15(2,3)20-14(19)17-13(8-9-18)10-11-4-6-12(16)7-5-11/h4-7,13,18H,8-10H2,1-3H3,(H,17,19). The Kier molecular flexibility index (Phi) is 6.49. The average Bonchev–Trinajstić information content (AvgIpc) is 2.30. The van der Waals surface area contributed by atoms with Crippen LogP contribution in [-0.2, 0) is 11.2 Å². The summed E-state index contributed by atoms with van der Waals surface area (Å²) in [5.41, 5.74) is 0.577. The van der Waals surface area contributed by atoms with Crippen LogP contribution in [0.3, 0.4) is 0 Å². The van der Waals surface area contributed by atoms with Crippen molar-refractivity contribution in [2.45, 2.75) is 45.3 Å². The van der Waals surface area contributed by atoms with Crippen molar-refractivity contribution in [2.24, 2.45) is 0 Å². The molecule has 0 radical (unpaired) electrons. The summed E-state index contributed by atoms with van der Waals surface area (Å²) in [6, 6.07) is 7.75. The van der Waals surface area contributed by atoms with Gasteiger partial charge >= 0.3 is 6.09 Å². The zero-order valence-electron chi connectivity index (χ0n) is 12.1. The van der Waals surface area contributed by atoms with Gasteiger partial charge in [0.25, 0.3) is 0 Å². The molecule has 0 bridgehead atoms. The Hall–Kier alpha value is -1.07. The summed E-state index contributed by atoms with van der Waals surface area (Å²) in [6.07, 6.45) is 0.704. The van der Waals surface area contributed by atoms with Gasteiger partial charge in [-0.2, -0.15) is 0 Å². The summed E-state index contributed by atoms with van der Waals surface area (Å²) in [7, 11) is 0. The third-order valence-corrected chi connectivity index (χ3v) is 3.12. The highest BCUT2D eigenvalue weighted by atomic mass is 79.9. The summed E-state index contributed by atoms with van der Waals surface area (Å²) in [4.78, 5) is 11.8. The maximum Gasteiger partial charge on any atom is 0.407 e. The minimum Gasteiger partial charge on any atom is -0.444 e. The molecule has 1 amide bonds. The number of rotatable bonds is 5. The smallest absolute Gasteiger partial charge is 0.407 e. The summed E-state index contributed by atoms with van der Waals surface area (Å²) in [5.74, 6) is 0. The Morgan fingerprint density at radius 2 is 1.95 bits per heavy atom. The first-order valence-corrected chi connectivity index (χ1v) is 7.44. The number of hydrogen-bond acceptors (Lipinski definition) is 3. The largest absolute Gasteiger partial charge is 0.444 e. The molecule has 1 unspecified atom stereocenters. The maximum atomic E-state index is 11.8. The van der Waals surface area contributed by atoms with Crippen molar-refractivity contribution >= 4 is 22.0 Å². The molecule has 0 spiro atoms. The molecule has 112 valence electrons. The van der Waals surface area contributed by atoms with Crippen molar-refractivity contribution in [1.82, 2.24) is 5.32 Å². The van der Waals surface area contributed by atoms with E-state index in [-0.39, 0.29) is 12.6 Å². The first kappa shape index (κ1) is 17.0. The van der Waals surface area contributed by atoms with Crippen LogP contribution in [0.1, 0.15) is 32.8 Å². The van der Waals surface area contributed by atoms with Crippen LogP contribution in [0.5, 0.6) is 0 Å². The number of benzene rings is 1. The molecular weight excluding hydrogens is 322 g/mol. The van der Waals surface area contributed by atoms with Crippen LogP contribution in [0.15, 0.2) is 28.7 Å². The Bertz CT molecular complexity index is 426. The van der Waals surface area contributed by atoms with Gasteiger partial charge in [-0.15, -0.1) is 0 Å². The molecule has 2 N–H and O–H groups in total. The number of aliphatic hydroxyl groups excluding tert-OH is 1. The van der Waals surface area contributed by atoms with Gasteiger partial charge in [-0.05, 0) is 51.3 Å². The molecule has 1 atom stereocenters. The quantitative estimate of drug-likeness (QED) is 0.862. The lowest BCUT2D eigenvalue weighted by Crippen LogP contribution is -2.40. The molecule has 1 aromatic carbocycles. The van der Waals surface area contributed by atoms with Crippen molar-refractivity contribution in [1.29, 1.82) is 0 Å². The summed E-state index contributed by atoms with van der Waals surface area (Å²) in [6.45, 7) is 5.49. The molecule has 0 aromatic heterocycles. The average molecular weight is 344 g/mol. The highest BCUT2D eigenvalue weighted by Gasteiger charge is 2.19. The molecule has 0 saturated carbocycles. The third-order valence-electron chi connectivity index (χ3n) is 2.59. The fourth-order valence-electron chi connectivity index (χ4n) is 1.76. The molecule has 0 aliphatic heterocycles. The number of ether oxygens (including phenoxy) is 1. The van der Waals surface area contributed by atoms with Gasteiger partial charge in [0, 0.05) is 17.1 Å². The van der Waals surface area contributed by atoms with Crippen LogP contribution in [0.25, 0.3) is 0 Å². The van der Waals surface area contributed by atoms with E-state index in [0.29, 0.717) is 12.8 Å². The SMILES string of the molecule is CC(C)(C)OC(=O)NC(CCO)Cc1ccc(Br)cc1. The van der Waals surface area contributed by atoms with Gasteiger partial charge in [-0.25, -0.2) is 4.79 Å². The number of nitrogens with one attached hydrogen (secondary N) is 1.